The number of hydrogen-bond acceptors (Lipinski definition) is 2. The Morgan fingerprint density at radius 2 is 1.60 bits per heavy atom. The van der Waals surface area contributed by atoms with Crippen LogP contribution in [-0.4, -0.2) is 48.8 Å². The van der Waals surface area contributed by atoms with Gasteiger partial charge in [-0.1, -0.05) is 25.0 Å². The Bertz CT molecular complexity index is 595. The zero-order valence-corrected chi connectivity index (χ0v) is 15.5. The van der Waals surface area contributed by atoms with Crippen LogP contribution in [0.2, 0.25) is 0 Å². The lowest BCUT2D eigenvalue weighted by Crippen LogP contribution is -2.41. The number of piperidine rings is 1. The van der Waals surface area contributed by atoms with Gasteiger partial charge in [-0.15, -0.1) is 0 Å². The van der Waals surface area contributed by atoms with Gasteiger partial charge in [0.05, 0.1) is 0 Å². The monoisotopic (exact) mass is 342 g/mol. The molecule has 1 heterocycles. The van der Waals surface area contributed by atoms with E-state index in [1.54, 1.807) is 19.0 Å². The van der Waals surface area contributed by atoms with Gasteiger partial charge in [0.2, 0.25) is 5.91 Å². The fourth-order valence-corrected chi connectivity index (χ4v) is 4.16. The number of nitrogens with zero attached hydrogens (tertiary/aromatic N) is 2. The molecule has 0 N–H and O–H groups in total. The average molecular weight is 342 g/mol. The normalized spacial score (nSPS) is 19.2. The van der Waals surface area contributed by atoms with E-state index in [-0.39, 0.29) is 5.91 Å². The van der Waals surface area contributed by atoms with E-state index >= 15 is 0 Å². The van der Waals surface area contributed by atoms with Gasteiger partial charge in [-0.25, -0.2) is 0 Å². The summed E-state index contributed by atoms with van der Waals surface area (Å²) in [5.41, 5.74) is 2.03. The summed E-state index contributed by atoms with van der Waals surface area (Å²) in [6.07, 6.45) is 7.86. The summed E-state index contributed by atoms with van der Waals surface area (Å²) >= 11 is 0. The molecule has 4 nitrogen and oxygen atoms in total. The Labute approximate surface area is 151 Å². The molecule has 4 heteroatoms. The second-order valence-electron chi connectivity index (χ2n) is 7.85. The van der Waals surface area contributed by atoms with Crippen LogP contribution in [0.25, 0.3) is 0 Å². The molecule has 0 spiro atoms. The second-order valence-corrected chi connectivity index (χ2v) is 7.85. The minimum absolute atomic E-state index is 0.0466. The van der Waals surface area contributed by atoms with Gasteiger partial charge < -0.3 is 9.80 Å². The predicted octanol–water partition coefficient (Wildman–Crippen LogP) is 3.36. The van der Waals surface area contributed by atoms with Crippen molar-refractivity contribution in [3.63, 3.8) is 0 Å². The zero-order valence-electron chi connectivity index (χ0n) is 15.5. The molecule has 2 fully saturated rings. The quantitative estimate of drug-likeness (QED) is 0.842. The molecule has 1 aliphatic heterocycles. The molecule has 0 radical (unpaired) electrons. The first kappa shape index (κ1) is 18.0. The minimum atomic E-state index is 0.0466. The smallest absolute Gasteiger partial charge is 0.253 e. The van der Waals surface area contributed by atoms with Gasteiger partial charge in [-0.2, -0.15) is 0 Å². The number of likely N-dealkylation sites (tertiary alicyclic amines) is 1. The van der Waals surface area contributed by atoms with Gasteiger partial charge >= 0.3 is 0 Å². The molecule has 0 bridgehead atoms. The van der Waals surface area contributed by atoms with Gasteiger partial charge in [-0.3, -0.25) is 9.59 Å². The van der Waals surface area contributed by atoms with E-state index in [1.807, 2.05) is 12.1 Å². The number of carbonyl (C=O) groups excluding carboxylic acids is 2. The highest BCUT2D eigenvalue weighted by Gasteiger charge is 2.29. The van der Waals surface area contributed by atoms with Crippen LogP contribution in [0.4, 0.5) is 0 Å². The number of carbonyl (C=O) groups is 2. The lowest BCUT2D eigenvalue weighted by Gasteiger charge is -2.33. The van der Waals surface area contributed by atoms with Gasteiger partial charge in [-0.05, 0) is 55.7 Å². The molecule has 136 valence electrons. The molecule has 1 aliphatic carbocycles. The van der Waals surface area contributed by atoms with E-state index in [0.29, 0.717) is 17.7 Å². The topological polar surface area (TPSA) is 40.6 Å². The average Bonchev–Trinajstić information content (AvgIpc) is 3.16. The van der Waals surface area contributed by atoms with Crippen molar-refractivity contribution in [3.8, 4) is 0 Å². The largest absolute Gasteiger partial charge is 0.345 e. The summed E-state index contributed by atoms with van der Waals surface area (Å²) in [5, 5.41) is 0. The van der Waals surface area contributed by atoms with Gasteiger partial charge in [0.15, 0.2) is 0 Å². The molecule has 25 heavy (non-hydrogen) atoms. The number of hydrogen-bond donors (Lipinski definition) is 0. The first-order valence-corrected chi connectivity index (χ1v) is 9.64. The lowest BCUT2D eigenvalue weighted by atomic mass is 9.89. The predicted molar refractivity (Wildman–Crippen MR) is 99.4 cm³/mol. The van der Waals surface area contributed by atoms with Crippen molar-refractivity contribution in [1.82, 2.24) is 9.80 Å². The van der Waals surface area contributed by atoms with E-state index < -0.39 is 0 Å². The van der Waals surface area contributed by atoms with Crippen molar-refractivity contribution in [2.24, 2.45) is 11.8 Å². The molecule has 1 aromatic rings. The third-order valence-electron chi connectivity index (χ3n) is 5.76. The Kier molecular flexibility index (Phi) is 5.77. The van der Waals surface area contributed by atoms with Crippen molar-refractivity contribution >= 4 is 11.8 Å². The Hall–Kier alpha value is -1.84. The third kappa shape index (κ3) is 4.42. The van der Waals surface area contributed by atoms with Crippen LogP contribution in [-0.2, 0) is 11.2 Å². The van der Waals surface area contributed by atoms with E-state index in [2.05, 4.69) is 17.0 Å². The summed E-state index contributed by atoms with van der Waals surface area (Å²) in [6, 6.07) is 8.01. The fraction of sp³-hybridized carbons (Fsp3) is 0.619. The zero-order chi connectivity index (χ0) is 17.8. The Morgan fingerprint density at radius 1 is 1.00 bits per heavy atom. The van der Waals surface area contributed by atoms with Crippen LogP contribution < -0.4 is 0 Å². The molecule has 2 amide bonds. The SMILES string of the molecule is CN(C)C(=O)c1ccc(CC2CCN(C(=O)C3CCCC3)CC2)cc1. The van der Waals surface area contributed by atoms with E-state index in [0.717, 1.165) is 50.8 Å². The van der Waals surface area contributed by atoms with Crippen molar-refractivity contribution in [2.75, 3.05) is 27.2 Å². The molecule has 1 saturated heterocycles. The minimum Gasteiger partial charge on any atom is -0.345 e. The molecular weight excluding hydrogens is 312 g/mol. The second kappa shape index (κ2) is 8.03. The van der Waals surface area contributed by atoms with Crippen LogP contribution >= 0.6 is 0 Å². The number of amides is 2. The molecule has 1 aromatic carbocycles. The number of rotatable bonds is 4. The molecular formula is C21H30N2O2. The van der Waals surface area contributed by atoms with Crippen LogP contribution in [0.1, 0.15) is 54.4 Å². The summed E-state index contributed by atoms with van der Waals surface area (Å²) in [4.78, 5) is 28.2. The van der Waals surface area contributed by atoms with E-state index in [1.165, 1.54) is 18.4 Å². The summed E-state index contributed by atoms with van der Waals surface area (Å²) < 4.78 is 0. The van der Waals surface area contributed by atoms with E-state index in [9.17, 15) is 9.59 Å². The van der Waals surface area contributed by atoms with Gasteiger partial charge in [0, 0.05) is 38.7 Å². The maximum absolute atomic E-state index is 12.5. The van der Waals surface area contributed by atoms with Crippen LogP contribution in [0.5, 0.6) is 0 Å². The molecule has 3 rings (SSSR count). The lowest BCUT2D eigenvalue weighted by molar-refractivity contribution is -0.136. The third-order valence-corrected chi connectivity index (χ3v) is 5.76. The highest BCUT2D eigenvalue weighted by molar-refractivity contribution is 5.93. The first-order valence-electron chi connectivity index (χ1n) is 9.64. The Morgan fingerprint density at radius 3 is 2.16 bits per heavy atom. The maximum Gasteiger partial charge on any atom is 0.253 e. The summed E-state index contributed by atoms with van der Waals surface area (Å²) in [5.74, 6) is 1.40. The maximum atomic E-state index is 12.5. The van der Waals surface area contributed by atoms with Crippen molar-refractivity contribution in [3.05, 3.63) is 35.4 Å². The van der Waals surface area contributed by atoms with Crippen LogP contribution in [0, 0.1) is 11.8 Å². The summed E-state index contributed by atoms with van der Waals surface area (Å²) in [7, 11) is 3.55. The Balaban J connectivity index is 1.48. The molecule has 2 aliphatic rings. The van der Waals surface area contributed by atoms with Crippen LogP contribution in [0.15, 0.2) is 24.3 Å². The molecule has 0 atom stereocenters. The van der Waals surface area contributed by atoms with Crippen molar-refractivity contribution in [2.45, 2.75) is 44.9 Å². The van der Waals surface area contributed by atoms with Crippen molar-refractivity contribution in [1.29, 1.82) is 0 Å². The molecule has 0 unspecified atom stereocenters. The van der Waals surface area contributed by atoms with Crippen molar-refractivity contribution < 1.29 is 9.59 Å². The standard InChI is InChI=1S/C21H30N2O2/c1-22(2)20(24)19-9-7-16(8-10-19)15-17-11-13-23(14-12-17)21(25)18-5-3-4-6-18/h7-10,17-18H,3-6,11-15H2,1-2H3. The highest BCUT2D eigenvalue weighted by atomic mass is 16.2. The van der Waals surface area contributed by atoms with Gasteiger partial charge in [0.1, 0.15) is 0 Å². The molecule has 1 saturated carbocycles. The van der Waals surface area contributed by atoms with E-state index in [4.69, 9.17) is 0 Å². The fourth-order valence-electron chi connectivity index (χ4n) is 4.16. The summed E-state index contributed by atoms with van der Waals surface area (Å²) in [6.45, 7) is 1.83. The molecule has 0 aromatic heterocycles. The number of benzene rings is 1. The highest BCUT2D eigenvalue weighted by Crippen LogP contribution is 2.29. The van der Waals surface area contributed by atoms with Crippen LogP contribution in [0.3, 0.4) is 0 Å². The first-order chi connectivity index (χ1) is 12.0. The van der Waals surface area contributed by atoms with Gasteiger partial charge in [0.25, 0.3) is 5.91 Å².